The van der Waals surface area contributed by atoms with Gasteiger partial charge in [-0.15, -0.1) is 34.0 Å². The van der Waals surface area contributed by atoms with Gasteiger partial charge in [-0.2, -0.15) is 0 Å². The van der Waals surface area contributed by atoms with Crippen molar-refractivity contribution in [2.45, 2.75) is 6.54 Å². The van der Waals surface area contributed by atoms with Gasteiger partial charge < -0.3 is 5.32 Å². The molecule has 0 unspecified atom stereocenters. The third-order valence-electron chi connectivity index (χ3n) is 5.22. The maximum atomic E-state index is 13.1. The van der Waals surface area contributed by atoms with Crippen LogP contribution in [0, 0.1) is 0 Å². The molecule has 0 saturated heterocycles. The number of amides is 1. The number of nitrogens with zero attached hydrogens (tertiary/aromatic N) is 4. The molecule has 0 saturated carbocycles. The molecule has 0 aliphatic carbocycles. The molecule has 0 aliphatic heterocycles. The quantitative estimate of drug-likeness (QED) is 0.361. The van der Waals surface area contributed by atoms with E-state index in [1.165, 1.54) is 22.2 Å². The average molecular weight is 490 g/mol. The Morgan fingerprint density at radius 1 is 1.06 bits per heavy atom. The lowest BCUT2D eigenvalue weighted by Crippen LogP contribution is -2.27. The summed E-state index contributed by atoms with van der Waals surface area (Å²) in [6.07, 6.45) is 5.38. The van der Waals surface area contributed by atoms with E-state index in [1.807, 2.05) is 69.3 Å². The van der Waals surface area contributed by atoms with Crippen molar-refractivity contribution >= 4 is 60.8 Å². The summed E-state index contributed by atoms with van der Waals surface area (Å²) in [5.74, 6) is -0.290. The van der Waals surface area contributed by atoms with Crippen LogP contribution in [0.15, 0.2) is 76.1 Å². The van der Waals surface area contributed by atoms with E-state index >= 15 is 0 Å². The minimum Gasteiger partial charge on any atom is -0.325 e. The van der Waals surface area contributed by atoms with Crippen LogP contribution >= 0.6 is 34.0 Å². The van der Waals surface area contributed by atoms with Crippen LogP contribution in [0.3, 0.4) is 0 Å². The summed E-state index contributed by atoms with van der Waals surface area (Å²) in [4.78, 5) is 37.4. The average Bonchev–Trinajstić information content (AvgIpc) is 3.59. The zero-order valence-electron chi connectivity index (χ0n) is 17.0. The van der Waals surface area contributed by atoms with E-state index in [4.69, 9.17) is 0 Å². The van der Waals surface area contributed by atoms with Crippen molar-refractivity contribution in [1.82, 2.24) is 18.9 Å². The van der Waals surface area contributed by atoms with Gasteiger partial charge in [-0.05, 0) is 23.6 Å². The van der Waals surface area contributed by atoms with Crippen molar-refractivity contribution < 1.29 is 4.79 Å². The van der Waals surface area contributed by atoms with Crippen molar-refractivity contribution in [2.75, 3.05) is 5.32 Å². The maximum absolute atomic E-state index is 13.1. The number of hydrogen-bond donors (Lipinski definition) is 1. The molecular weight excluding hydrogens is 474 g/mol. The fourth-order valence-corrected chi connectivity index (χ4v) is 6.06. The first-order valence-electron chi connectivity index (χ1n) is 9.99. The summed E-state index contributed by atoms with van der Waals surface area (Å²) in [6.45, 7) is -0.111. The standard InChI is InChI=1S/C23H15N5O2S3/c29-19(25-15-5-3-14(4-6-15)17-10-27-7-9-32-23(27)26-17)11-28-13-24-21-20(22(28)30)16(12-33-21)18-2-1-8-31-18/h1-10,12-13H,11H2,(H,25,29). The highest BCUT2D eigenvalue weighted by atomic mass is 32.1. The van der Waals surface area contributed by atoms with Gasteiger partial charge in [0.1, 0.15) is 11.4 Å². The number of carbonyl (C=O) groups is 1. The highest BCUT2D eigenvalue weighted by Crippen LogP contribution is 2.33. The van der Waals surface area contributed by atoms with Gasteiger partial charge in [0.25, 0.3) is 5.56 Å². The molecule has 0 atom stereocenters. The molecule has 162 valence electrons. The minimum atomic E-state index is -0.290. The summed E-state index contributed by atoms with van der Waals surface area (Å²) in [5.41, 5.74) is 3.15. The molecule has 0 aliphatic rings. The fourth-order valence-electron chi connectivity index (χ4n) is 3.64. The first kappa shape index (κ1) is 20.0. The maximum Gasteiger partial charge on any atom is 0.263 e. The van der Waals surface area contributed by atoms with Gasteiger partial charge in [-0.3, -0.25) is 18.6 Å². The fraction of sp³-hybridized carbons (Fsp3) is 0.0435. The Morgan fingerprint density at radius 3 is 2.73 bits per heavy atom. The molecule has 0 fully saturated rings. The monoisotopic (exact) mass is 489 g/mol. The van der Waals surface area contributed by atoms with Crippen LogP contribution in [0.2, 0.25) is 0 Å². The van der Waals surface area contributed by atoms with E-state index < -0.39 is 0 Å². The molecule has 0 bridgehead atoms. The zero-order chi connectivity index (χ0) is 22.4. The number of fused-ring (bicyclic) bond motifs is 2. The van der Waals surface area contributed by atoms with Gasteiger partial charge in [0.15, 0.2) is 4.96 Å². The molecule has 1 amide bonds. The SMILES string of the molecule is O=C(Cn1cnc2scc(-c3cccs3)c2c1=O)Nc1ccc(-c2cn3ccsc3n2)cc1. The second kappa shape index (κ2) is 8.07. The van der Waals surface area contributed by atoms with E-state index in [0.29, 0.717) is 15.9 Å². The molecule has 6 aromatic rings. The lowest BCUT2D eigenvalue weighted by Gasteiger charge is -2.08. The van der Waals surface area contributed by atoms with Crippen molar-refractivity contribution in [3.05, 3.63) is 81.6 Å². The first-order chi connectivity index (χ1) is 16.2. The summed E-state index contributed by atoms with van der Waals surface area (Å²) in [7, 11) is 0. The Kier molecular flexibility index (Phi) is 4.90. The van der Waals surface area contributed by atoms with Crippen molar-refractivity contribution in [3.8, 4) is 21.7 Å². The molecule has 0 spiro atoms. The van der Waals surface area contributed by atoms with Gasteiger partial charge in [0, 0.05) is 44.8 Å². The van der Waals surface area contributed by atoms with Gasteiger partial charge in [0.05, 0.1) is 17.4 Å². The number of thiophene rings is 2. The Labute approximate surface area is 199 Å². The second-order valence-corrected chi connectivity index (χ2v) is 10.0. The van der Waals surface area contributed by atoms with Crippen LogP contribution in [-0.2, 0) is 11.3 Å². The number of rotatable bonds is 5. The molecule has 33 heavy (non-hydrogen) atoms. The van der Waals surface area contributed by atoms with Crippen LogP contribution in [0.1, 0.15) is 0 Å². The third-order valence-corrected chi connectivity index (χ3v) is 7.78. The van der Waals surface area contributed by atoms with Gasteiger partial charge in [-0.1, -0.05) is 18.2 Å². The van der Waals surface area contributed by atoms with Gasteiger partial charge >= 0.3 is 0 Å². The topological polar surface area (TPSA) is 81.3 Å². The number of thiazole rings is 1. The smallest absolute Gasteiger partial charge is 0.263 e. The molecule has 1 N–H and O–H groups in total. The molecule has 7 nitrogen and oxygen atoms in total. The summed E-state index contributed by atoms with van der Waals surface area (Å²) in [6, 6.07) is 11.4. The van der Waals surface area contributed by atoms with Crippen LogP contribution in [0.25, 0.3) is 36.9 Å². The minimum absolute atomic E-state index is 0.111. The molecule has 5 heterocycles. The molecule has 10 heteroatoms. The Balaban J connectivity index is 1.21. The Morgan fingerprint density at radius 2 is 1.94 bits per heavy atom. The van der Waals surface area contributed by atoms with Gasteiger partial charge in [-0.25, -0.2) is 9.97 Å². The van der Waals surface area contributed by atoms with E-state index in [-0.39, 0.29) is 18.0 Å². The van der Waals surface area contributed by atoms with E-state index in [9.17, 15) is 9.59 Å². The number of benzene rings is 1. The number of anilines is 1. The van der Waals surface area contributed by atoms with Crippen LogP contribution in [0.4, 0.5) is 5.69 Å². The Hall–Kier alpha value is -3.60. The predicted octanol–water partition coefficient (Wildman–Crippen LogP) is 5.20. The van der Waals surface area contributed by atoms with Crippen molar-refractivity contribution in [2.24, 2.45) is 0 Å². The third kappa shape index (κ3) is 3.67. The lowest BCUT2D eigenvalue weighted by atomic mass is 10.1. The van der Waals surface area contributed by atoms with Crippen LogP contribution < -0.4 is 10.9 Å². The van der Waals surface area contributed by atoms with Crippen molar-refractivity contribution in [3.63, 3.8) is 0 Å². The largest absolute Gasteiger partial charge is 0.325 e. The molecule has 6 rings (SSSR count). The molecule has 1 aromatic carbocycles. The zero-order valence-corrected chi connectivity index (χ0v) is 19.4. The van der Waals surface area contributed by atoms with Crippen molar-refractivity contribution in [1.29, 1.82) is 0 Å². The number of aromatic nitrogens is 4. The lowest BCUT2D eigenvalue weighted by molar-refractivity contribution is -0.116. The molecular formula is C23H15N5O2S3. The first-order valence-corrected chi connectivity index (χ1v) is 12.6. The summed E-state index contributed by atoms with van der Waals surface area (Å²) >= 11 is 4.59. The number of carbonyl (C=O) groups excluding carboxylic acids is 1. The van der Waals surface area contributed by atoms with Gasteiger partial charge in [0.2, 0.25) is 5.91 Å². The van der Waals surface area contributed by atoms with E-state index in [2.05, 4.69) is 15.3 Å². The predicted molar refractivity (Wildman–Crippen MR) is 134 cm³/mol. The second-order valence-electron chi connectivity index (χ2n) is 7.33. The highest BCUT2D eigenvalue weighted by Gasteiger charge is 2.15. The highest BCUT2D eigenvalue weighted by molar-refractivity contribution is 7.18. The van der Waals surface area contributed by atoms with E-state index in [0.717, 1.165) is 26.7 Å². The van der Waals surface area contributed by atoms with Crippen LogP contribution in [-0.4, -0.2) is 24.8 Å². The Bertz CT molecular complexity index is 1630. The number of nitrogens with one attached hydrogen (secondary N) is 1. The summed E-state index contributed by atoms with van der Waals surface area (Å²) in [5, 5.41) is 9.32. The molecule has 5 aromatic heterocycles. The summed E-state index contributed by atoms with van der Waals surface area (Å²) < 4.78 is 3.34. The number of imidazole rings is 1. The normalized spacial score (nSPS) is 11.4. The van der Waals surface area contributed by atoms with Crippen LogP contribution in [0.5, 0.6) is 0 Å². The number of hydrogen-bond acceptors (Lipinski definition) is 7. The molecule has 0 radical (unpaired) electrons. The van der Waals surface area contributed by atoms with E-state index in [1.54, 1.807) is 22.7 Å².